The van der Waals surface area contributed by atoms with Crippen molar-refractivity contribution in [1.82, 2.24) is 0 Å². The SMILES string of the molecule is C=CCC/C=C/c1ccc(CC)cc1.CC. The third-order valence-electron chi connectivity index (χ3n) is 2.24. The first-order valence-corrected chi connectivity index (χ1v) is 6.23. The molecule has 0 aliphatic heterocycles. The molecule has 16 heavy (non-hydrogen) atoms. The van der Waals surface area contributed by atoms with Crippen LogP contribution in [-0.4, -0.2) is 0 Å². The molecule has 1 aromatic rings. The zero-order valence-corrected chi connectivity index (χ0v) is 10.9. The zero-order valence-electron chi connectivity index (χ0n) is 10.9. The van der Waals surface area contributed by atoms with Gasteiger partial charge in [-0.3, -0.25) is 0 Å². The standard InChI is InChI=1S/C14H18.C2H6/c1-3-5-6-7-8-14-11-9-13(4-2)10-12-14;1-2/h3,7-12H,1,4-6H2,2H3;1-2H3/b8-7+;. The van der Waals surface area contributed by atoms with E-state index in [1.165, 1.54) is 11.1 Å². The molecule has 0 aromatic heterocycles. The predicted octanol–water partition coefficient (Wildman–Crippen LogP) is 5.25. The van der Waals surface area contributed by atoms with Crippen LogP contribution in [0.3, 0.4) is 0 Å². The van der Waals surface area contributed by atoms with E-state index in [0.29, 0.717) is 0 Å². The zero-order chi connectivity index (χ0) is 12.2. The van der Waals surface area contributed by atoms with Crippen molar-refractivity contribution in [1.29, 1.82) is 0 Å². The molecule has 88 valence electrons. The van der Waals surface area contributed by atoms with Crippen molar-refractivity contribution < 1.29 is 0 Å². The van der Waals surface area contributed by atoms with E-state index < -0.39 is 0 Å². The van der Waals surface area contributed by atoms with Crippen LogP contribution < -0.4 is 0 Å². The third kappa shape index (κ3) is 6.23. The van der Waals surface area contributed by atoms with Crippen LogP contribution in [0.25, 0.3) is 6.08 Å². The average molecular weight is 216 g/mol. The molecule has 0 spiro atoms. The second-order valence-electron chi connectivity index (χ2n) is 3.36. The number of allylic oxidation sites excluding steroid dienone is 2. The highest BCUT2D eigenvalue weighted by Gasteiger charge is 1.88. The number of benzene rings is 1. The highest BCUT2D eigenvalue weighted by atomic mass is 13.9. The molecule has 0 aliphatic rings. The number of aryl methyl sites for hydroxylation is 1. The number of hydrogen-bond donors (Lipinski definition) is 0. The van der Waals surface area contributed by atoms with Gasteiger partial charge in [0.05, 0.1) is 0 Å². The largest absolute Gasteiger partial charge is 0.103 e. The smallest absolute Gasteiger partial charge is 0.0260 e. The third-order valence-corrected chi connectivity index (χ3v) is 2.24. The van der Waals surface area contributed by atoms with Gasteiger partial charge in [-0.1, -0.05) is 63.3 Å². The number of rotatable bonds is 5. The summed E-state index contributed by atoms with van der Waals surface area (Å²) >= 11 is 0. The Morgan fingerprint density at radius 1 is 1.06 bits per heavy atom. The average Bonchev–Trinajstić information content (AvgIpc) is 2.38. The fraction of sp³-hybridized carbons (Fsp3) is 0.375. The Bertz CT molecular complexity index is 290. The summed E-state index contributed by atoms with van der Waals surface area (Å²) in [4.78, 5) is 0. The molecule has 1 rings (SSSR count). The maximum absolute atomic E-state index is 3.69. The molecule has 0 amide bonds. The van der Waals surface area contributed by atoms with Gasteiger partial charge in [-0.15, -0.1) is 6.58 Å². The quantitative estimate of drug-likeness (QED) is 0.465. The van der Waals surface area contributed by atoms with Gasteiger partial charge in [0.2, 0.25) is 0 Å². The summed E-state index contributed by atoms with van der Waals surface area (Å²) in [6.07, 6.45) is 9.57. The predicted molar refractivity (Wildman–Crippen MR) is 75.6 cm³/mol. The molecule has 0 nitrogen and oxygen atoms in total. The van der Waals surface area contributed by atoms with Crippen LogP contribution in [-0.2, 0) is 6.42 Å². The lowest BCUT2D eigenvalue weighted by molar-refractivity contribution is 1.06. The summed E-state index contributed by atoms with van der Waals surface area (Å²) in [7, 11) is 0. The van der Waals surface area contributed by atoms with E-state index in [0.717, 1.165) is 19.3 Å². The van der Waals surface area contributed by atoms with E-state index in [2.05, 4.69) is 49.9 Å². The Kier molecular flexibility index (Phi) is 9.39. The van der Waals surface area contributed by atoms with Crippen LogP contribution in [0.4, 0.5) is 0 Å². The molecule has 0 heteroatoms. The van der Waals surface area contributed by atoms with Crippen molar-refractivity contribution in [2.75, 3.05) is 0 Å². The van der Waals surface area contributed by atoms with E-state index in [-0.39, 0.29) is 0 Å². The first-order chi connectivity index (χ1) is 7.86. The molecule has 0 unspecified atom stereocenters. The molecule has 0 heterocycles. The fourth-order valence-electron chi connectivity index (χ4n) is 1.30. The highest BCUT2D eigenvalue weighted by Crippen LogP contribution is 2.07. The van der Waals surface area contributed by atoms with Gasteiger partial charge in [0.25, 0.3) is 0 Å². The molecule has 0 saturated heterocycles. The molecule has 1 aromatic carbocycles. The molecular formula is C16H24. The normalized spacial score (nSPS) is 9.69. The Hall–Kier alpha value is -1.30. The van der Waals surface area contributed by atoms with Gasteiger partial charge in [-0.2, -0.15) is 0 Å². The van der Waals surface area contributed by atoms with Crippen molar-refractivity contribution in [3.8, 4) is 0 Å². The Morgan fingerprint density at radius 2 is 1.69 bits per heavy atom. The Labute approximate surface area is 101 Å². The van der Waals surface area contributed by atoms with Gasteiger partial charge in [0, 0.05) is 0 Å². The molecule has 0 atom stereocenters. The van der Waals surface area contributed by atoms with E-state index in [9.17, 15) is 0 Å². The van der Waals surface area contributed by atoms with Gasteiger partial charge < -0.3 is 0 Å². The summed E-state index contributed by atoms with van der Waals surface area (Å²) in [5, 5.41) is 0. The minimum Gasteiger partial charge on any atom is -0.103 e. The summed E-state index contributed by atoms with van der Waals surface area (Å²) in [6, 6.07) is 8.72. The van der Waals surface area contributed by atoms with E-state index in [1.807, 2.05) is 19.9 Å². The van der Waals surface area contributed by atoms with Crippen LogP contribution >= 0.6 is 0 Å². The van der Waals surface area contributed by atoms with Crippen molar-refractivity contribution in [3.05, 3.63) is 54.1 Å². The highest BCUT2D eigenvalue weighted by molar-refractivity contribution is 5.49. The minimum atomic E-state index is 1.06. The lowest BCUT2D eigenvalue weighted by Gasteiger charge is -1.96. The summed E-state index contributed by atoms with van der Waals surface area (Å²) < 4.78 is 0. The first-order valence-electron chi connectivity index (χ1n) is 6.23. The van der Waals surface area contributed by atoms with E-state index >= 15 is 0 Å². The van der Waals surface area contributed by atoms with Crippen molar-refractivity contribution >= 4 is 6.08 Å². The van der Waals surface area contributed by atoms with Crippen LogP contribution in [0.2, 0.25) is 0 Å². The molecule has 0 fully saturated rings. The Balaban J connectivity index is 0.00000106. The Morgan fingerprint density at radius 3 is 2.19 bits per heavy atom. The van der Waals surface area contributed by atoms with Gasteiger partial charge in [-0.05, 0) is 30.4 Å². The van der Waals surface area contributed by atoms with E-state index in [4.69, 9.17) is 0 Å². The first kappa shape index (κ1) is 14.7. The van der Waals surface area contributed by atoms with Gasteiger partial charge >= 0.3 is 0 Å². The monoisotopic (exact) mass is 216 g/mol. The molecule has 0 radical (unpaired) electrons. The van der Waals surface area contributed by atoms with Gasteiger partial charge in [0.1, 0.15) is 0 Å². The summed E-state index contributed by atoms with van der Waals surface area (Å²) in [5.74, 6) is 0. The van der Waals surface area contributed by atoms with E-state index in [1.54, 1.807) is 0 Å². The second-order valence-corrected chi connectivity index (χ2v) is 3.36. The second kappa shape index (κ2) is 10.2. The molecule has 0 aliphatic carbocycles. The maximum atomic E-state index is 3.69. The number of hydrogen-bond acceptors (Lipinski definition) is 0. The molecular weight excluding hydrogens is 192 g/mol. The molecule has 0 saturated carbocycles. The van der Waals surface area contributed by atoms with Crippen molar-refractivity contribution in [3.63, 3.8) is 0 Å². The maximum Gasteiger partial charge on any atom is -0.0260 e. The van der Waals surface area contributed by atoms with Crippen LogP contribution in [0.5, 0.6) is 0 Å². The van der Waals surface area contributed by atoms with Gasteiger partial charge in [-0.25, -0.2) is 0 Å². The lowest BCUT2D eigenvalue weighted by atomic mass is 10.1. The van der Waals surface area contributed by atoms with Crippen LogP contribution in [0.1, 0.15) is 44.7 Å². The minimum absolute atomic E-state index is 1.06. The summed E-state index contributed by atoms with van der Waals surface area (Å²) in [6.45, 7) is 9.87. The molecule has 0 N–H and O–H groups in total. The lowest BCUT2D eigenvalue weighted by Crippen LogP contribution is -1.78. The van der Waals surface area contributed by atoms with Crippen molar-refractivity contribution in [2.24, 2.45) is 0 Å². The van der Waals surface area contributed by atoms with Crippen LogP contribution in [0, 0.1) is 0 Å². The molecule has 0 bridgehead atoms. The topological polar surface area (TPSA) is 0 Å². The summed E-state index contributed by atoms with van der Waals surface area (Å²) in [5.41, 5.74) is 2.68. The fourth-order valence-corrected chi connectivity index (χ4v) is 1.30. The van der Waals surface area contributed by atoms with Gasteiger partial charge in [0.15, 0.2) is 0 Å². The number of unbranched alkanes of at least 4 members (excludes halogenated alkanes) is 1. The van der Waals surface area contributed by atoms with Crippen molar-refractivity contribution in [2.45, 2.75) is 40.0 Å². The van der Waals surface area contributed by atoms with Crippen LogP contribution in [0.15, 0.2) is 43.0 Å².